The first-order chi connectivity index (χ1) is 10.3. The molecular formula is C18H25N3. The molecule has 0 spiro atoms. The molecule has 1 saturated heterocycles. The molecule has 2 fully saturated rings. The first kappa shape index (κ1) is 13.3. The molecule has 21 heavy (non-hydrogen) atoms. The summed E-state index contributed by atoms with van der Waals surface area (Å²) in [6.07, 6.45) is 7.68. The summed E-state index contributed by atoms with van der Waals surface area (Å²) in [5.41, 5.74) is 2.77. The van der Waals surface area contributed by atoms with Gasteiger partial charge in [0.05, 0.1) is 11.0 Å². The molecule has 1 N–H and O–H groups in total. The van der Waals surface area contributed by atoms with E-state index in [0.717, 1.165) is 13.1 Å². The standard InChI is InChI=1S/C18H25N3/c1-2-10-18(11-5-12-19-13-18)17-20-15-6-3-4-7-16(15)21(17)14-8-9-14/h3-4,6-7,14,19H,2,5,8-13H2,1H3. The summed E-state index contributed by atoms with van der Waals surface area (Å²) in [5.74, 6) is 1.36. The van der Waals surface area contributed by atoms with Crippen molar-refractivity contribution in [2.75, 3.05) is 13.1 Å². The third-order valence-electron chi connectivity index (χ3n) is 5.18. The van der Waals surface area contributed by atoms with Crippen LogP contribution in [-0.4, -0.2) is 22.6 Å². The summed E-state index contributed by atoms with van der Waals surface area (Å²) in [5, 5.41) is 3.64. The average Bonchev–Trinajstić information content (AvgIpc) is 3.28. The number of nitrogens with one attached hydrogen (secondary N) is 1. The zero-order chi connectivity index (χ0) is 14.3. The van der Waals surface area contributed by atoms with Crippen molar-refractivity contribution >= 4 is 11.0 Å². The molecule has 0 radical (unpaired) electrons. The molecule has 1 saturated carbocycles. The average molecular weight is 283 g/mol. The Bertz CT molecular complexity index is 627. The van der Waals surface area contributed by atoms with Crippen LogP contribution in [0.1, 0.15) is 57.3 Å². The number of benzene rings is 1. The highest BCUT2D eigenvalue weighted by Gasteiger charge is 2.40. The molecule has 3 nitrogen and oxygen atoms in total. The van der Waals surface area contributed by atoms with Crippen LogP contribution in [0.25, 0.3) is 11.0 Å². The Morgan fingerprint density at radius 3 is 2.90 bits per heavy atom. The molecule has 0 bridgehead atoms. The monoisotopic (exact) mass is 283 g/mol. The number of hydrogen-bond acceptors (Lipinski definition) is 2. The van der Waals surface area contributed by atoms with E-state index in [0.29, 0.717) is 6.04 Å². The first-order valence-electron chi connectivity index (χ1n) is 8.52. The van der Waals surface area contributed by atoms with Gasteiger partial charge in [0.2, 0.25) is 0 Å². The number of nitrogens with zero attached hydrogens (tertiary/aromatic N) is 2. The fourth-order valence-electron chi connectivity index (χ4n) is 4.08. The molecule has 3 heteroatoms. The highest BCUT2D eigenvalue weighted by atomic mass is 15.2. The fraction of sp³-hybridized carbons (Fsp3) is 0.611. The van der Waals surface area contributed by atoms with Crippen molar-refractivity contribution in [3.8, 4) is 0 Å². The first-order valence-corrected chi connectivity index (χ1v) is 8.52. The quantitative estimate of drug-likeness (QED) is 0.925. The zero-order valence-corrected chi connectivity index (χ0v) is 12.9. The third-order valence-corrected chi connectivity index (χ3v) is 5.18. The van der Waals surface area contributed by atoms with E-state index in [4.69, 9.17) is 4.98 Å². The maximum Gasteiger partial charge on any atom is 0.117 e. The molecule has 1 unspecified atom stereocenters. The summed E-state index contributed by atoms with van der Waals surface area (Å²) >= 11 is 0. The maximum absolute atomic E-state index is 5.11. The van der Waals surface area contributed by atoms with Gasteiger partial charge in [0, 0.05) is 18.0 Å². The highest BCUT2D eigenvalue weighted by Crippen LogP contribution is 2.44. The van der Waals surface area contributed by atoms with E-state index in [1.54, 1.807) is 0 Å². The molecule has 0 amide bonds. The molecular weight excluding hydrogens is 258 g/mol. The minimum Gasteiger partial charge on any atom is -0.324 e. The largest absolute Gasteiger partial charge is 0.324 e. The second-order valence-electron chi connectivity index (χ2n) is 6.84. The van der Waals surface area contributed by atoms with Crippen molar-refractivity contribution < 1.29 is 0 Å². The van der Waals surface area contributed by atoms with Crippen LogP contribution >= 0.6 is 0 Å². The molecule has 1 aliphatic carbocycles. The Labute approximate surface area is 126 Å². The molecule has 1 aromatic heterocycles. The lowest BCUT2D eigenvalue weighted by Gasteiger charge is -2.37. The van der Waals surface area contributed by atoms with Crippen LogP contribution < -0.4 is 5.32 Å². The Balaban J connectivity index is 1.89. The van der Waals surface area contributed by atoms with Gasteiger partial charge < -0.3 is 9.88 Å². The van der Waals surface area contributed by atoms with Gasteiger partial charge in [-0.1, -0.05) is 25.5 Å². The second-order valence-corrected chi connectivity index (χ2v) is 6.84. The predicted molar refractivity (Wildman–Crippen MR) is 86.7 cm³/mol. The minimum absolute atomic E-state index is 0.245. The van der Waals surface area contributed by atoms with E-state index in [-0.39, 0.29) is 5.41 Å². The van der Waals surface area contributed by atoms with E-state index >= 15 is 0 Å². The summed E-state index contributed by atoms with van der Waals surface area (Å²) in [7, 11) is 0. The van der Waals surface area contributed by atoms with Gasteiger partial charge in [-0.3, -0.25) is 0 Å². The van der Waals surface area contributed by atoms with Crippen LogP contribution in [0.15, 0.2) is 24.3 Å². The van der Waals surface area contributed by atoms with E-state index in [9.17, 15) is 0 Å². The van der Waals surface area contributed by atoms with Crippen molar-refractivity contribution in [2.24, 2.45) is 0 Å². The topological polar surface area (TPSA) is 29.9 Å². The van der Waals surface area contributed by atoms with Gasteiger partial charge in [0.25, 0.3) is 0 Å². The number of hydrogen-bond donors (Lipinski definition) is 1. The minimum atomic E-state index is 0.245. The number of rotatable bonds is 4. The lowest BCUT2D eigenvalue weighted by molar-refractivity contribution is 0.268. The van der Waals surface area contributed by atoms with E-state index in [1.165, 1.54) is 55.4 Å². The molecule has 1 aliphatic heterocycles. The van der Waals surface area contributed by atoms with Gasteiger partial charge in [-0.25, -0.2) is 4.98 Å². The Kier molecular flexibility index (Phi) is 3.26. The molecule has 1 atom stereocenters. The van der Waals surface area contributed by atoms with Crippen molar-refractivity contribution in [1.29, 1.82) is 0 Å². The van der Waals surface area contributed by atoms with Gasteiger partial charge in [-0.05, 0) is 50.8 Å². The van der Waals surface area contributed by atoms with Crippen molar-refractivity contribution in [1.82, 2.24) is 14.9 Å². The van der Waals surface area contributed by atoms with Gasteiger partial charge >= 0.3 is 0 Å². The normalized spacial score (nSPS) is 26.3. The van der Waals surface area contributed by atoms with Crippen LogP contribution in [0.5, 0.6) is 0 Å². The smallest absolute Gasteiger partial charge is 0.117 e. The fourth-order valence-corrected chi connectivity index (χ4v) is 4.08. The van der Waals surface area contributed by atoms with Gasteiger partial charge in [-0.15, -0.1) is 0 Å². The van der Waals surface area contributed by atoms with Gasteiger partial charge in [0.15, 0.2) is 0 Å². The van der Waals surface area contributed by atoms with Gasteiger partial charge in [-0.2, -0.15) is 0 Å². The number of para-hydroxylation sites is 2. The summed E-state index contributed by atoms with van der Waals surface area (Å²) in [6.45, 7) is 4.56. The Hall–Kier alpha value is -1.35. The lowest BCUT2D eigenvalue weighted by atomic mass is 9.76. The molecule has 4 rings (SSSR count). The Morgan fingerprint density at radius 2 is 2.19 bits per heavy atom. The van der Waals surface area contributed by atoms with E-state index in [2.05, 4.69) is 41.1 Å². The van der Waals surface area contributed by atoms with Crippen molar-refractivity contribution in [3.05, 3.63) is 30.1 Å². The summed E-state index contributed by atoms with van der Waals surface area (Å²) < 4.78 is 2.58. The lowest BCUT2D eigenvalue weighted by Crippen LogP contribution is -2.45. The van der Waals surface area contributed by atoms with Crippen LogP contribution in [0.2, 0.25) is 0 Å². The van der Waals surface area contributed by atoms with Crippen molar-refractivity contribution in [2.45, 2.75) is 56.9 Å². The van der Waals surface area contributed by atoms with Gasteiger partial charge in [0.1, 0.15) is 5.82 Å². The van der Waals surface area contributed by atoms with E-state index < -0.39 is 0 Å². The SMILES string of the molecule is CCCC1(c2nc3ccccc3n2C2CC2)CCCNC1. The summed E-state index contributed by atoms with van der Waals surface area (Å²) in [4.78, 5) is 5.11. The molecule has 2 aliphatic rings. The summed E-state index contributed by atoms with van der Waals surface area (Å²) in [6, 6.07) is 9.39. The number of piperidine rings is 1. The maximum atomic E-state index is 5.11. The van der Waals surface area contributed by atoms with Crippen LogP contribution in [0.4, 0.5) is 0 Å². The number of imidazole rings is 1. The number of fused-ring (bicyclic) bond motifs is 1. The number of aromatic nitrogens is 2. The predicted octanol–water partition coefficient (Wildman–Crippen LogP) is 3.79. The van der Waals surface area contributed by atoms with Crippen LogP contribution in [0, 0.1) is 0 Å². The molecule has 2 heterocycles. The highest BCUT2D eigenvalue weighted by molar-refractivity contribution is 5.76. The second kappa shape index (κ2) is 5.13. The Morgan fingerprint density at radius 1 is 1.33 bits per heavy atom. The van der Waals surface area contributed by atoms with E-state index in [1.807, 2.05) is 0 Å². The van der Waals surface area contributed by atoms with Crippen LogP contribution in [0.3, 0.4) is 0 Å². The zero-order valence-electron chi connectivity index (χ0n) is 12.9. The molecule has 112 valence electrons. The molecule has 2 aromatic rings. The molecule has 1 aromatic carbocycles. The van der Waals surface area contributed by atoms with Crippen LogP contribution in [-0.2, 0) is 5.41 Å². The van der Waals surface area contributed by atoms with Crippen molar-refractivity contribution in [3.63, 3.8) is 0 Å². The third kappa shape index (κ3) is 2.18.